The van der Waals surface area contributed by atoms with E-state index in [2.05, 4.69) is 17.2 Å². The van der Waals surface area contributed by atoms with E-state index in [1.807, 2.05) is 61.3 Å². The van der Waals surface area contributed by atoms with Crippen LogP contribution in [0.4, 0.5) is 4.39 Å². The van der Waals surface area contributed by atoms with Crippen LogP contribution in [0.5, 0.6) is 0 Å². The lowest BCUT2D eigenvalue weighted by Gasteiger charge is -2.40. The summed E-state index contributed by atoms with van der Waals surface area (Å²) in [6.07, 6.45) is 3.39. The SMILES string of the molecule is Cc1cc(C(=O)N(C)[C@@H](Cc2ccccc2)C2CCN(C(=O)/C(F)=C/c3ccccc3)CC2)n(C)n1. The fourth-order valence-corrected chi connectivity index (χ4v) is 5.01. The maximum absolute atomic E-state index is 14.7. The summed E-state index contributed by atoms with van der Waals surface area (Å²) < 4.78 is 16.3. The predicted octanol–water partition coefficient (Wildman–Crippen LogP) is 4.66. The third kappa shape index (κ3) is 5.90. The molecule has 4 rings (SSSR count). The van der Waals surface area contributed by atoms with Crippen molar-refractivity contribution in [1.82, 2.24) is 19.6 Å². The quantitative estimate of drug-likeness (QED) is 0.455. The number of likely N-dealkylation sites (N-methyl/N-ethyl adjacent to an activating group) is 1. The van der Waals surface area contributed by atoms with Crippen LogP contribution in [0.2, 0.25) is 0 Å². The Morgan fingerprint density at radius 1 is 1.08 bits per heavy atom. The van der Waals surface area contributed by atoms with E-state index in [0.717, 1.165) is 11.3 Å². The van der Waals surface area contributed by atoms with Crippen molar-refractivity contribution in [2.45, 2.75) is 32.2 Å². The van der Waals surface area contributed by atoms with E-state index in [4.69, 9.17) is 0 Å². The molecule has 3 aromatic rings. The van der Waals surface area contributed by atoms with E-state index in [0.29, 0.717) is 43.6 Å². The van der Waals surface area contributed by atoms with E-state index in [-0.39, 0.29) is 17.9 Å². The van der Waals surface area contributed by atoms with Gasteiger partial charge in [0.15, 0.2) is 5.83 Å². The molecule has 2 aromatic carbocycles. The van der Waals surface area contributed by atoms with Gasteiger partial charge in [-0.3, -0.25) is 14.3 Å². The molecule has 1 aliphatic heterocycles. The summed E-state index contributed by atoms with van der Waals surface area (Å²) in [5, 5.41) is 4.33. The number of halogens is 1. The van der Waals surface area contributed by atoms with Gasteiger partial charge in [0.25, 0.3) is 11.8 Å². The van der Waals surface area contributed by atoms with Crippen LogP contribution >= 0.6 is 0 Å². The first kappa shape index (κ1) is 25.4. The average Bonchev–Trinajstić information content (AvgIpc) is 3.24. The number of carbonyl (C=O) groups is 2. The normalized spacial score (nSPS) is 15.6. The number of hydrogen-bond acceptors (Lipinski definition) is 3. The van der Waals surface area contributed by atoms with Crippen LogP contribution in [0, 0.1) is 12.8 Å². The summed E-state index contributed by atoms with van der Waals surface area (Å²) in [4.78, 5) is 29.6. The monoisotopic (exact) mass is 488 g/mol. The first-order chi connectivity index (χ1) is 17.3. The Morgan fingerprint density at radius 2 is 1.69 bits per heavy atom. The van der Waals surface area contributed by atoms with Crippen molar-refractivity contribution in [3.63, 3.8) is 0 Å². The van der Waals surface area contributed by atoms with Gasteiger partial charge in [-0.05, 0) is 55.4 Å². The number of amides is 2. The molecule has 1 atom stereocenters. The molecule has 188 valence electrons. The number of nitrogens with zero attached hydrogens (tertiary/aromatic N) is 4. The van der Waals surface area contributed by atoms with Crippen molar-refractivity contribution in [3.05, 3.63) is 95.1 Å². The fourth-order valence-electron chi connectivity index (χ4n) is 5.01. The van der Waals surface area contributed by atoms with Gasteiger partial charge >= 0.3 is 0 Å². The lowest BCUT2D eigenvalue weighted by Crippen LogP contribution is -2.48. The highest BCUT2D eigenvalue weighted by molar-refractivity contribution is 5.95. The molecule has 1 saturated heterocycles. The van der Waals surface area contributed by atoms with Gasteiger partial charge in [-0.15, -0.1) is 0 Å². The van der Waals surface area contributed by atoms with Gasteiger partial charge in [-0.2, -0.15) is 5.10 Å². The Labute approximate surface area is 212 Å². The van der Waals surface area contributed by atoms with Crippen LogP contribution in [0.15, 0.2) is 72.6 Å². The molecule has 1 aromatic heterocycles. The van der Waals surface area contributed by atoms with E-state index < -0.39 is 11.7 Å². The molecule has 0 bridgehead atoms. The highest BCUT2D eigenvalue weighted by Crippen LogP contribution is 2.28. The molecule has 0 radical (unpaired) electrons. The Balaban J connectivity index is 1.48. The van der Waals surface area contributed by atoms with Crippen molar-refractivity contribution >= 4 is 17.9 Å². The zero-order valence-electron chi connectivity index (χ0n) is 21.1. The molecule has 0 saturated carbocycles. The van der Waals surface area contributed by atoms with Crippen LogP contribution in [0.25, 0.3) is 6.08 Å². The van der Waals surface area contributed by atoms with Crippen LogP contribution in [-0.2, 0) is 18.3 Å². The van der Waals surface area contributed by atoms with Gasteiger partial charge in [0.05, 0.1) is 5.69 Å². The van der Waals surface area contributed by atoms with Gasteiger partial charge in [0.1, 0.15) is 5.69 Å². The van der Waals surface area contributed by atoms with Gasteiger partial charge < -0.3 is 9.80 Å². The zero-order chi connectivity index (χ0) is 25.7. The molecule has 2 heterocycles. The first-order valence-electron chi connectivity index (χ1n) is 12.4. The summed E-state index contributed by atoms with van der Waals surface area (Å²) in [7, 11) is 3.62. The van der Waals surface area contributed by atoms with E-state index in [1.165, 1.54) is 6.08 Å². The summed E-state index contributed by atoms with van der Waals surface area (Å²) in [6, 6.07) is 20.9. The number of piperidine rings is 1. The molecule has 6 nitrogen and oxygen atoms in total. The van der Waals surface area contributed by atoms with Gasteiger partial charge in [-0.1, -0.05) is 60.7 Å². The van der Waals surface area contributed by atoms with Crippen LogP contribution in [0.1, 0.15) is 40.2 Å². The number of carbonyl (C=O) groups excluding carboxylic acids is 2. The predicted molar refractivity (Wildman–Crippen MR) is 139 cm³/mol. The second-order valence-electron chi connectivity index (χ2n) is 9.50. The number of rotatable bonds is 7. The molecule has 7 heteroatoms. The van der Waals surface area contributed by atoms with Gasteiger partial charge in [0.2, 0.25) is 0 Å². The van der Waals surface area contributed by atoms with Crippen molar-refractivity contribution in [2.75, 3.05) is 20.1 Å². The minimum Gasteiger partial charge on any atom is -0.337 e. The number of aryl methyl sites for hydroxylation is 2. The molecule has 0 N–H and O–H groups in total. The molecule has 0 aliphatic carbocycles. The van der Waals surface area contributed by atoms with E-state index in [1.54, 1.807) is 28.8 Å². The van der Waals surface area contributed by atoms with Crippen LogP contribution in [-0.4, -0.2) is 57.6 Å². The second kappa shape index (κ2) is 11.3. The largest absolute Gasteiger partial charge is 0.337 e. The van der Waals surface area contributed by atoms with Crippen molar-refractivity contribution in [1.29, 1.82) is 0 Å². The molecule has 1 fully saturated rings. The minimum absolute atomic E-state index is 0.0583. The third-order valence-electron chi connectivity index (χ3n) is 6.99. The average molecular weight is 489 g/mol. The van der Waals surface area contributed by atoms with Gasteiger partial charge in [-0.25, -0.2) is 4.39 Å². The first-order valence-corrected chi connectivity index (χ1v) is 12.4. The molecule has 2 amide bonds. The smallest absolute Gasteiger partial charge is 0.282 e. The minimum atomic E-state index is -0.751. The molecule has 1 aliphatic rings. The lowest BCUT2D eigenvalue weighted by molar-refractivity contribution is -0.130. The fraction of sp³-hybridized carbons (Fsp3) is 0.345. The number of benzene rings is 2. The molecular formula is C29H33FN4O2. The summed E-state index contributed by atoms with van der Waals surface area (Å²) in [5.41, 5.74) is 3.16. The van der Waals surface area contributed by atoms with Crippen molar-refractivity contribution in [3.8, 4) is 0 Å². The third-order valence-corrected chi connectivity index (χ3v) is 6.99. The topological polar surface area (TPSA) is 58.4 Å². The molecule has 0 unspecified atom stereocenters. The Kier molecular flexibility index (Phi) is 7.98. The standard InChI is InChI=1S/C29H33FN4O2/c1-21-18-27(33(3)31-21)29(36)32(2)26(20-23-12-8-5-9-13-23)24-14-16-34(17-15-24)28(35)25(30)19-22-10-6-4-7-11-22/h4-13,18-19,24,26H,14-17,20H2,1-3H3/b25-19-/t26-/m0/s1. The van der Waals surface area contributed by atoms with Gasteiger partial charge in [0, 0.05) is 33.2 Å². The summed E-state index contributed by atoms with van der Waals surface area (Å²) in [5.74, 6) is -1.22. The number of aromatic nitrogens is 2. The maximum atomic E-state index is 14.7. The highest BCUT2D eigenvalue weighted by atomic mass is 19.1. The molecular weight excluding hydrogens is 455 g/mol. The summed E-state index contributed by atoms with van der Waals surface area (Å²) >= 11 is 0. The van der Waals surface area contributed by atoms with Crippen molar-refractivity contribution in [2.24, 2.45) is 13.0 Å². The van der Waals surface area contributed by atoms with Crippen LogP contribution in [0.3, 0.4) is 0 Å². The maximum Gasteiger partial charge on any atom is 0.282 e. The number of hydrogen-bond donors (Lipinski definition) is 0. The highest BCUT2D eigenvalue weighted by Gasteiger charge is 2.34. The van der Waals surface area contributed by atoms with Crippen LogP contribution < -0.4 is 0 Å². The van der Waals surface area contributed by atoms with E-state index in [9.17, 15) is 14.0 Å². The Morgan fingerprint density at radius 3 is 2.28 bits per heavy atom. The Bertz CT molecular complexity index is 1210. The van der Waals surface area contributed by atoms with E-state index >= 15 is 0 Å². The summed E-state index contributed by atoms with van der Waals surface area (Å²) in [6.45, 7) is 2.78. The Hall–Kier alpha value is -3.74. The number of likely N-dealkylation sites (tertiary alicyclic amines) is 1. The lowest BCUT2D eigenvalue weighted by atomic mass is 9.84. The van der Waals surface area contributed by atoms with Crippen molar-refractivity contribution < 1.29 is 14.0 Å². The second-order valence-corrected chi connectivity index (χ2v) is 9.50. The molecule has 0 spiro atoms. The molecule has 36 heavy (non-hydrogen) atoms. The zero-order valence-corrected chi connectivity index (χ0v) is 21.1.